The van der Waals surface area contributed by atoms with Crippen LogP contribution in [0.4, 0.5) is 10.1 Å². The topological polar surface area (TPSA) is 127 Å². The molecule has 0 bridgehead atoms. The second-order valence-corrected chi connectivity index (χ2v) is 18.0. The molecule has 12 heteroatoms. The van der Waals surface area contributed by atoms with E-state index in [2.05, 4.69) is 62.7 Å². The van der Waals surface area contributed by atoms with Crippen molar-refractivity contribution in [2.24, 2.45) is 11.7 Å². The number of benzene rings is 4. The SMILES string of the molecule is NC(=O)C(CCI)N1C(=O)c2cc3c(cc2C1=O)CN(C(=O)C1CCN(C2CCN(c4ccc(C5c6ccc(O)cc6CCC5c5ccc(F)cc5)cc4)CC2)CC1)C3. The molecular formula is C47H49FIN5O5. The fraction of sp³-hybridized carbons (Fsp3) is 0.404. The third-order valence-electron chi connectivity index (χ3n) is 13.7. The molecule has 0 radical (unpaired) electrons. The third kappa shape index (κ3) is 7.51. The number of alkyl halides is 1. The lowest BCUT2D eigenvalue weighted by Crippen LogP contribution is -2.49. The van der Waals surface area contributed by atoms with Gasteiger partial charge in [0.2, 0.25) is 11.8 Å². The largest absolute Gasteiger partial charge is 0.508 e. The average molecular weight is 910 g/mol. The normalized spacial score (nSPS) is 21.7. The zero-order valence-electron chi connectivity index (χ0n) is 33.0. The number of amides is 4. The highest BCUT2D eigenvalue weighted by Crippen LogP contribution is 2.47. The zero-order chi connectivity index (χ0) is 40.9. The molecule has 3 atom stereocenters. The number of carbonyl (C=O) groups excluding carboxylic acids is 4. The van der Waals surface area contributed by atoms with Crippen LogP contribution < -0.4 is 10.6 Å². The number of nitrogens with two attached hydrogens (primary N) is 1. The summed E-state index contributed by atoms with van der Waals surface area (Å²) in [7, 11) is 0. The van der Waals surface area contributed by atoms with Gasteiger partial charge >= 0.3 is 0 Å². The molecule has 9 rings (SSSR count). The second-order valence-electron chi connectivity index (χ2n) is 16.9. The molecule has 3 N–H and O–H groups in total. The lowest BCUT2D eigenvalue weighted by atomic mass is 9.69. The minimum Gasteiger partial charge on any atom is -0.508 e. The zero-order valence-corrected chi connectivity index (χ0v) is 35.2. The molecular weight excluding hydrogens is 860 g/mol. The van der Waals surface area contributed by atoms with E-state index >= 15 is 0 Å². The first-order valence-electron chi connectivity index (χ1n) is 20.9. The Balaban J connectivity index is 0.787. The Hall–Kier alpha value is -4.82. The van der Waals surface area contributed by atoms with Crippen molar-refractivity contribution in [2.45, 2.75) is 82.0 Å². The van der Waals surface area contributed by atoms with Gasteiger partial charge in [-0.2, -0.15) is 0 Å². The fourth-order valence-corrected chi connectivity index (χ4v) is 11.1. The summed E-state index contributed by atoms with van der Waals surface area (Å²) in [4.78, 5) is 60.4. The van der Waals surface area contributed by atoms with Crippen LogP contribution in [0.25, 0.3) is 0 Å². The monoisotopic (exact) mass is 909 g/mol. The molecule has 10 nitrogen and oxygen atoms in total. The molecule has 0 aromatic heterocycles. The summed E-state index contributed by atoms with van der Waals surface area (Å²) in [5.74, 6) is -1.23. The van der Waals surface area contributed by atoms with Crippen LogP contribution in [-0.4, -0.2) is 86.1 Å². The number of fused-ring (bicyclic) bond motifs is 3. The fourth-order valence-electron chi connectivity index (χ4n) is 10.5. The van der Waals surface area contributed by atoms with Crippen LogP contribution in [0, 0.1) is 11.7 Å². The van der Waals surface area contributed by atoms with E-state index in [1.165, 1.54) is 22.4 Å². The number of halogens is 2. The predicted molar refractivity (Wildman–Crippen MR) is 231 cm³/mol. The van der Waals surface area contributed by atoms with Gasteiger partial charge < -0.3 is 25.5 Å². The number of hydrogen-bond acceptors (Lipinski definition) is 7. The molecule has 306 valence electrons. The van der Waals surface area contributed by atoms with E-state index in [0.717, 1.165) is 86.3 Å². The Bertz CT molecular complexity index is 2240. The molecule has 3 unspecified atom stereocenters. The van der Waals surface area contributed by atoms with Crippen molar-refractivity contribution in [1.82, 2.24) is 14.7 Å². The summed E-state index contributed by atoms with van der Waals surface area (Å²) in [5, 5.41) is 10.2. The molecule has 2 fully saturated rings. The van der Waals surface area contributed by atoms with Gasteiger partial charge in [0.15, 0.2) is 0 Å². The Labute approximate surface area is 357 Å². The van der Waals surface area contributed by atoms with Crippen LogP contribution in [0.2, 0.25) is 0 Å². The van der Waals surface area contributed by atoms with Crippen molar-refractivity contribution in [3.63, 3.8) is 0 Å². The summed E-state index contributed by atoms with van der Waals surface area (Å²) in [6.45, 7) is 4.51. The number of likely N-dealkylation sites (tertiary alicyclic amines) is 1. The van der Waals surface area contributed by atoms with Crippen LogP contribution in [-0.2, 0) is 29.1 Å². The number of phenols is 1. The molecule has 5 aliphatic rings. The van der Waals surface area contributed by atoms with Crippen LogP contribution >= 0.6 is 22.6 Å². The van der Waals surface area contributed by atoms with Crippen LogP contribution in [0.1, 0.15) is 104 Å². The summed E-state index contributed by atoms with van der Waals surface area (Å²) in [5.41, 5.74) is 13.8. The molecule has 4 aliphatic heterocycles. The number of phenolic OH excluding ortho intramolecular Hbond substituents is 1. The van der Waals surface area contributed by atoms with Gasteiger partial charge in [-0.3, -0.25) is 24.1 Å². The van der Waals surface area contributed by atoms with Crippen molar-refractivity contribution in [3.05, 3.63) is 129 Å². The smallest absolute Gasteiger partial charge is 0.262 e. The van der Waals surface area contributed by atoms with E-state index in [4.69, 9.17) is 5.73 Å². The Morgan fingerprint density at radius 1 is 0.780 bits per heavy atom. The molecule has 0 saturated carbocycles. The Morgan fingerprint density at radius 3 is 2.02 bits per heavy atom. The first-order chi connectivity index (χ1) is 28.6. The molecule has 4 heterocycles. The summed E-state index contributed by atoms with van der Waals surface area (Å²) in [6, 6.07) is 24.6. The number of primary amides is 1. The molecule has 4 aromatic carbocycles. The van der Waals surface area contributed by atoms with Gasteiger partial charge in [0.05, 0.1) is 11.1 Å². The van der Waals surface area contributed by atoms with E-state index in [0.29, 0.717) is 30.0 Å². The minimum atomic E-state index is -0.974. The maximum absolute atomic E-state index is 13.9. The summed E-state index contributed by atoms with van der Waals surface area (Å²) >= 11 is 2.10. The van der Waals surface area contributed by atoms with Crippen LogP contribution in [0.5, 0.6) is 5.75 Å². The highest BCUT2D eigenvalue weighted by atomic mass is 127. The number of anilines is 1. The van der Waals surface area contributed by atoms with Gasteiger partial charge in [-0.05, 0) is 146 Å². The standard InChI is InChI=1S/C47H49FIN5O5/c48-34-6-1-28(2-7-34)38-11-5-31-23-37(55)10-12-39(31)43(38)29-3-8-35(9-4-29)52-21-16-36(17-22-52)51-19-14-30(15-20-51)45(57)53-26-32-24-40-41(25-33(32)27-53)47(59)54(46(40)58)42(13-18-49)44(50)56/h1-4,6-10,12,23-25,30,36,38,42-43,55H,5,11,13-22,26-27H2,(H2,50,56). The second kappa shape index (κ2) is 16.3. The molecule has 2 saturated heterocycles. The lowest BCUT2D eigenvalue weighted by Gasteiger charge is -2.42. The molecule has 4 amide bonds. The first-order valence-corrected chi connectivity index (χ1v) is 22.4. The van der Waals surface area contributed by atoms with Crippen LogP contribution in [0.15, 0.2) is 78.9 Å². The maximum Gasteiger partial charge on any atom is 0.262 e. The Kier molecular flexibility index (Phi) is 11.0. The number of aromatic hydroxyl groups is 1. The van der Waals surface area contributed by atoms with Gasteiger partial charge in [-0.1, -0.05) is 52.9 Å². The molecule has 0 spiro atoms. The number of hydrogen-bond donors (Lipinski definition) is 2. The van der Waals surface area contributed by atoms with Crippen molar-refractivity contribution < 1.29 is 28.7 Å². The number of rotatable bonds is 9. The summed E-state index contributed by atoms with van der Waals surface area (Å²) < 4.78 is 14.4. The Morgan fingerprint density at radius 2 is 1.41 bits per heavy atom. The van der Waals surface area contributed by atoms with Gasteiger partial charge in [-0.15, -0.1) is 0 Å². The van der Waals surface area contributed by atoms with Crippen molar-refractivity contribution >= 4 is 51.9 Å². The maximum atomic E-state index is 13.9. The van der Waals surface area contributed by atoms with Gasteiger partial charge in [0.1, 0.15) is 17.6 Å². The number of carbonyl (C=O) groups is 4. The summed E-state index contributed by atoms with van der Waals surface area (Å²) in [6.07, 6.45) is 5.84. The van der Waals surface area contributed by atoms with Gasteiger partial charge in [-0.25, -0.2) is 4.39 Å². The highest BCUT2D eigenvalue weighted by Gasteiger charge is 2.44. The van der Waals surface area contributed by atoms with Gasteiger partial charge in [0, 0.05) is 54.2 Å². The molecule has 4 aromatic rings. The van der Waals surface area contributed by atoms with Crippen molar-refractivity contribution in [3.8, 4) is 5.75 Å². The number of nitrogens with zero attached hydrogens (tertiary/aromatic N) is 4. The minimum absolute atomic E-state index is 0.0566. The quantitative estimate of drug-likeness (QED) is 0.106. The van der Waals surface area contributed by atoms with E-state index < -0.39 is 23.8 Å². The van der Waals surface area contributed by atoms with E-state index in [1.807, 2.05) is 23.1 Å². The molecule has 59 heavy (non-hydrogen) atoms. The number of aryl methyl sites for hydroxylation is 1. The third-order valence-corrected chi connectivity index (χ3v) is 14.3. The first kappa shape index (κ1) is 39.6. The van der Waals surface area contributed by atoms with Crippen molar-refractivity contribution in [2.75, 3.05) is 35.5 Å². The van der Waals surface area contributed by atoms with Gasteiger partial charge in [0.25, 0.3) is 11.8 Å². The number of piperidine rings is 2. The number of imide groups is 1. The van der Waals surface area contributed by atoms with E-state index in [9.17, 15) is 28.7 Å². The highest BCUT2D eigenvalue weighted by molar-refractivity contribution is 14.1. The predicted octanol–water partition coefficient (Wildman–Crippen LogP) is 6.89. The van der Waals surface area contributed by atoms with E-state index in [1.54, 1.807) is 30.3 Å². The van der Waals surface area contributed by atoms with Crippen molar-refractivity contribution in [1.29, 1.82) is 0 Å². The van der Waals surface area contributed by atoms with Crippen LogP contribution in [0.3, 0.4) is 0 Å². The lowest BCUT2D eigenvalue weighted by molar-refractivity contribution is -0.138. The molecule has 1 aliphatic carbocycles. The van der Waals surface area contributed by atoms with E-state index in [-0.39, 0.29) is 46.4 Å². The average Bonchev–Trinajstić information content (AvgIpc) is 3.78.